The number of carbonyl (C=O) groups excluding carboxylic acids is 1. The molecule has 0 spiro atoms. The molecule has 20 heavy (non-hydrogen) atoms. The van der Waals surface area contributed by atoms with E-state index >= 15 is 0 Å². The van der Waals surface area contributed by atoms with Gasteiger partial charge < -0.3 is 14.2 Å². The van der Waals surface area contributed by atoms with E-state index in [0.29, 0.717) is 0 Å². The molecule has 0 radical (unpaired) electrons. The van der Waals surface area contributed by atoms with Crippen LogP contribution in [0.2, 0.25) is 0 Å². The van der Waals surface area contributed by atoms with Gasteiger partial charge in [0.2, 0.25) is 0 Å². The molecule has 1 aliphatic rings. The van der Waals surface area contributed by atoms with E-state index in [4.69, 9.17) is 14.2 Å². The lowest BCUT2D eigenvalue weighted by Gasteiger charge is -2.22. The first-order chi connectivity index (χ1) is 9.63. The number of esters is 1. The molecule has 1 saturated heterocycles. The van der Waals surface area contributed by atoms with Crippen molar-refractivity contribution in [1.29, 1.82) is 0 Å². The van der Waals surface area contributed by atoms with Crippen molar-refractivity contribution in [3.05, 3.63) is 0 Å². The number of rotatable bonds is 9. The smallest absolute Gasteiger partial charge is 0.309 e. The highest BCUT2D eigenvalue weighted by Crippen LogP contribution is 2.17. The molecule has 0 aromatic rings. The third-order valence-electron chi connectivity index (χ3n) is 3.57. The first-order valence-corrected chi connectivity index (χ1v) is 8.07. The van der Waals surface area contributed by atoms with Crippen LogP contribution >= 0.6 is 0 Å². The van der Waals surface area contributed by atoms with E-state index in [1.807, 2.05) is 20.8 Å². The maximum absolute atomic E-state index is 11.8. The molecule has 1 aliphatic heterocycles. The summed E-state index contributed by atoms with van der Waals surface area (Å²) in [4.78, 5) is 11.8. The monoisotopic (exact) mass is 286 g/mol. The molecule has 1 rings (SSSR count). The third kappa shape index (κ3) is 7.25. The van der Waals surface area contributed by atoms with Crippen molar-refractivity contribution >= 4 is 5.97 Å². The Balaban J connectivity index is 2.07. The van der Waals surface area contributed by atoms with Gasteiger partial charge in [0.25, 0.3) is 0 Å². The highest BCUT2D eigenvalue weighted by Gasteiger charge is 2.19. The average molecular weight is 286 g/mol. The van der Waals surface area contributed by atoms with Crippen molar-refractivity contribution in [3.8, 4) is 0 Å². The molecule has 2 atom stereocenters. The second-order valence-corrected chi connectivity index (χ2v) is 5.75. The summed E-state index contributed by atoms with van der Waals surface area (Å²) >= 11 is 0. The number of hydrogen-bond donors (Lipinski definition) is 0. The summed E-state index contributed by atoms with van der Waals surface area (Å²) in [5.74, 6) is -0.0256. The van der Waals surface area contributed by atoms with Crippen LogP contribution in [0.4, 0.5) is 0 Å². The molecule has 1 fully saturated rings. The molecule has 0 N–H and O–H groups in total. The van der Waals surface area contributed by atoms with Crippen LogP contribution in [0, 0.1) is 5.92 Å². The van der Waals surface area contributed by atoms with Gasteiger partial charge in [-0.15, -0.1) is 0 Å². The zero-order valence-electron chi connectivity index (χ0n) is 13.2. The summed E-state index contributed by atoms with van der Waals surface area (Å²) in [5.41, 5.74) is 0. The van der Waals surface area contributed by atoms with E-state index in [2.05, 4.69) is 0 Å². The summed E-state index contributed by atoms with van der Waals surface area (Å²) in [5, 5.41) is 0. The van der Waals surface area contributed by atoms with Crippen molar-refractivity contribution in [2.75, 3.05) is 13.2 Å². The highest BCUT2D eigenvalue weighted by atomic mass is 16.7. The minimum Gasteiger partial charge on any atom is -0.463 e. The summed E-state index contributed by atoms with van der Waals surface area (Å²) in [6.07, 6.45) is 7.04. The first kappa shape index (κ1) is 17.4. The molecule has 0 aromatic carbocycles. The van der Waals surface area contributed by atoms with Crippen LogP contribution in [0.1, 0.15) is 65.7 Å². The minimum atomic E-state index is -0.0565. The summed E-state index contributed by atoms with van der Waals surface area (Å²) in [6, 6.07) is 0. The fraction of sp³-hybridized carbons (Fsp3) is 0.938. The van der Waals surface area contributed by atoms with Gasteiger partial charge in [0.05, 0.1) is 12.0 Å². The molecule has 1 heterocycles. The van der Waals surface area contributed by atoms with Crippen LogP contribution in [0.25, 0.3) is 0 Å². The molecule has 4 heteroatoms. The normalized spacial score (nSPS) is 20.9. The van der Waals surface area contributed by atoms with Crippen LogP contribution in [0.15, 0.2) is 0 Å². The molecule has 0 aliphatic carbocycles. The predicted octanol–water partition coefficient (Wildman–Crippen LogP) is 3.68. The Morgan fingerprint density at radius 3 is 2.70 bits per heavy atom. The molecule has 0 unspecified atom stereocenters. The molecular formula is C16H30O4. The van der Waals surface area contributed by atoms with E-state index in [-0.39, 0.29) is 24.3 Å². The molecule has 118 valence electrons. The second-order valence-electron chi connectivity index (χ2n) is 5.75. The quantitative estimate of drug-likeness (QED) is 0.479. The lowest BCUT2D eigenvalue weighted by Crippen LogP contribution is -2.23. The fourth-order valence-electron chi connectivity index (χ4n) is 2.37. The maximum Gasteiger partial charge on any atom is 0.309 e. The van der Waals surface area contributed by atoms with Gasteiger partial charge in [0, 0.05) is 13.2 Å². The zero-order chi connectivity index (χ0) is 14.8. The van der Waals surface area contributed by atoms with Crippen molar-refractivity contribution in [3.63, 3.8) is 0 Å². The van der Waals surface area contributed by atoms with Gasteiger partial charge in [0.1, 0.15) is 0 Å². The van der Waals surface area contributed by atoms with Gasteiger partial charge in [-0.3, -0.25) is 4.79 Å². The largest absolute Gasteiger partial charge is 0.463 e. The molecule has 4 nitrogen and oxygen atoms in total. The zero-order valence-corrected chi connectivity index (χ0v) is 13.2. The van der Waals surface area contributed by atoms with Gasteiger partial charge >= 0.3 is 5.97 Å². The summed E-state index contributed by atoms with van der Waals surface area (Å²) < 4.78 is 16.5. The van der Waals surface area contributed by atoms with E-state index in [1.54, 1.807) is 0 Å². The first-order valence-electron chi connectivity index (χ1n) is 8.07. The van der Waals surface area contributed by atoms with E-state index < -0.39 is 0 Å². The number of hydrogen-bond acceptors (Lipinski definition) is 4. The Bertz CT molecular complexity index is 259. The number of carbonyl (C=O) groups is 1. The Morgan fingerprint density at radius 1 is 1.30 bits per heavy atom. The van der Waals surface area contributed by atoms with E-state index in [0.717, 1.165) is 51.7 Å². The van der Waals surface area contributed by atoms with Crippen LogP contribution in [0.3, 0.4) is 0 Å². The fourth-order valence-corrected chi connectivity index (χ4v) is 2.37. The molecule has 0 bridgehead atoms. The maximum atomic E-state index is 11.8. The standard InChI is InChI=1S/C16H30O4/c1-4-14(16(17)20-13(2)3)9-5-7-11-18-15-10-6-8-12-19-15/h13-15H,4-12H2,1-3H3/t14-,15+/m0/s1. The average Bonchev–Trinajstić information content (AvgIpc) is 2.43. The Hall–Kier alpha value is -0.610. The van der Waals surface area contributed by atoms with Gasteiger partial charge in [-0.1, -0.05) is 13.3 Å². The summed E-state index contributed by atoms with van der Waals surface area (Å²) in [7, 11) is 0. The van der Waals surface area contributed by atoms with Crippen LogP contribution < -0.4 is 0 Å². The van der Waals surface area contributed by atoms with E-state index in [1.165, 1.54) is 6.42 Å². The van der Waals surface area contributed by atoms with Crippen molar-refractivity contribution < 1.29 is 19.0 Å². The van der Waals surface area contributed by atoms with Crippen molar-refractivity contribution in [2.45, 2.75) is 78.1 Å². The predicted molar refractivity (Wildman–Crippen MR) is 78.4 cm³/mol. The Morgan fingerprint density at radius 2 is 2.10 bits per heavy atom. The topological polar surface area (TPSA) is 44.8 Å². The second kappa shape index (κ2) is 10.2. The molecule has 0 amide bonds. The Kier molecular flexibility index (Phi) is 8.86. The van der Waals surface area contributed by atoms with Gasteiger partial charge in [-0.05, 0) is 52.4 Å². The van der Waals surface area contributed by atoms with Gasteiger partial charge in [-0.2, -0.15) is 0 Å². The van der Waals surface area contributed by atoms with Crippen LogP contribution in [-0.2, 0) is 19.0 Å². The Labute approximate surface area is 123 Å². The van der Waals surface area contributed by atoms with Crippen LogP contribution in [0.5, 0.6) is 0 Å². The molecular weight excluding hydrogens is 256 g/mol. The highest BCUT2D eigenvalue weighted by molar-refractivity contribution is 5.72. The molecule has 0 saturated carbocycles. The van der Waals surface area contributed by atoms with Gasteiger partial charge in [0.15, 0.2) is 6.29 Å². The number of unbranched alkanes of at least 4 members (excludes halogenated alkanes) is 1. The lowest BCUT2D eigenvalue weighted by molar-refractivity contribution is -0.163. The number of ether oxygens (including phenoxy) is 3. The third-order valence-corrected chi connectivity index (χ3v) is 3.57. The van der Waals surface area contributed by atoms with Gasteiger partial charge in [-0.25, -0.2) is 0 Å². The summed E-state index contributed by atoms with van der Waals surface area (Å²) in [6.45, 7) is 7.37. The van der Waals surface area contributed by atoms with Crippen LogP contribution in [-0.4, -0.2) is 31.6 Å². The minimum absolute atomic E-state index is 0.00312. The lowest BCUT2D eigenvalue weighted by atomic mass is 9.99. The SMILES string of the molecule is CC[C@@H](CCCCO[C@H]1CCCCO1)C(=O)OC(C)C. The van der Waals surface area contributed by atoms with Crippen molar-refractivity contribution in [2.24, 2.45) is 5.92 Å². The van der Waals surface area contributed by atoms with E-state index in [9.17, 15) is 4.79 Å². The van der Waals surface area contributed by atoms with Crippen molar-refractivity contribution in [1.82, 2.24) is 0 Å². The molecule has 0 aromatic heterocycles.